The Hall–Kier alpha value is -1.46. The fourth-order valence-corrected chi connectivity index (χ4v) is 3.05. The van der Waals surface area contributed by atoms with Crippen molar-refractivity contribution in [2.24, 2.45) is 0 Å². The number of halogens is 2. The predicted molar refractivity (Wildman–Crippen MR) is 81.9 cm³/mol. The van der Waals surface area contributed by atoms with E-state index in [1.54, 1.807) is 23.5 Å². The molecule has 0 aliphatic heterocycles. The van der Waals surface area contributed by atoms with Gasteiger partial charge in [-0.05, 0) is 23.9 Å². The molecule has 0 amide bonds. The zero-order valence-electron chi connectivity index (χ0n) is 11.9. The molecule has 0 radical (unpaired) electrons. The number of benzene rings is 1. The van der Waals surface area contributed by atoms with Gasteiger partial charge in [0, 0.05) is 23.0 Å². The second-order valence-corrected chi connectivity index (χ2v) is 5.70. The Labute approximate surface area is 127 Å². The van der Waals surface area contributed by atoms with Crippen molar-refractivity contribution < 1.29 is 13.5 Å². The van der Waals surface area contributed by atoms with Gasteiger partial charge >= 0.3 is 6.61 Å². The molecule has 1 N–H and O–H groups in total. The molecule has 1 atom stereocenters. The Kier molecular flexibility index (Phi) is 6.14. The van der Waals surface area contributed by atoms with E-state index in [4.69, 9.17) is 0 Å². The maximum absolute atomic E-state index is 12.4. The Morgan fingerprint density at radius 2 is 2.00 bits per heavy atom. The van der Waals surface area contributed by atoms with Gasteiger partial charge in [-0.15, -0.1) is 11.3 Å². The van der Waals surface area contributed by atoms with Gasteiger partial charge in [-0.3, -0.25) is 0 Å². The van der Waals surface area contributed by atoms with Gasteiger partial charge in [-0.2, -0.15) is 8.78 Å². The Balaban J connectivity index is 2.04. The Bertz CT molecular complexity index is 531. The molecule has 21 heavy (non-hydrogen) atoms. The van der Waals surface area contributed by atoms with Crippen molar-refractivity contribution in [1.82, 2.24) is 5.32 Å². The summed E-state index contributed by atoms with van der Waals surface area (Å²) in [5.41, 5.74) is 0.746. The monoisotopic (exact) mass is 311 g/mol. The standard InChI is InChI=1S/C16H19F2NOS/c1-2-6-13(15-9-5-10-21-15)19-11-12-7-3-4-8-14(12)20-16(17)18/h3-5,7-10,13,16,19H,2,6,11H2,1H3. The van der Waals surface area contributed by atoms with Crippen LogP contribution in [0.1, 0.15) is 36.2 Å². The topological polar surface area (TPSA) is 21.3 Å². The minimum atomic E-state index is -2.80. The van der Waals surface area contributed by atoms with Gasteiger partial charge in [-0.1, -0.05) is 37.6 Å². The quantitative estimate of drug-likeness (QED) is 0.742. The van der Waals surface area contributed by atoms with E-state index in [-0.39, 0.29) is 11.8 Å². The lowest BCUT2D eigenvalue weighted by molar-refractivity contribution is -0.0505. The van der Waals surface area contributed by atoms with Crippen molar-refractivity contribution in [3.05, 3.63) is 52.2 Å². The van der Waals surface area contributed by atoms with Crippen LogP contribution in [-0.4, -0.2) is 6.61 Å². The van der Waals surface area contributed by atoms with E-state index in [9.17, 15) is 8.78 Å². The second-order valence-electron chi connectivity index (χ2n) is 4.72. The number of hydrogen-bond acceptors (Lipinski definition) is 3. The van der Waals surface area contributed by atoms with E-state index in [2.05, 4.69) is 23.0 Å². The predicted octanol–water partition coefficient (Wildman–Crippen LogP) is 4.98. The van der Waals surface area contributed by atoms with Gasteiger partial charge in [-0.25, -0.2) is 0 Å². The summed E-state index contributed by atoms with van der Waals surface area (Å²) in [5.74, 6) is 0.237. The molecule has 2 nitrogen and oxygen atoms in total. The number of alkyl halides is 2. The average Bonchev–Trinajstić information content (AvgIpc) is 2.98. The van der Waals surface area contributed by atoms with Crippen LogP contribution in [0.5, 0.6) is 5.75 Å². The molecule has 0 bridgehead atoms. The van der Waals surface area contributed by atoms with Crippen molar-refractivity contribution in [3.63, 3.8) is 0 Å². The smallest absolute Gasteiger partial charge is 0.387 e. The van der Waals surface area contributed by atoms with Crippen LogP contribution in [0.3, 0.4) is 0 Å². The maximum Gasteiger partial charge on any atom is 0.387 e. The van der Waals surface area contributed by atoms with Crippen LogP contribution in [-0.2, 0) is 6.54 Å². The van der Waals surface area contributed by atoms with E-state index >= 15 is 0 Å². The van der Waals surface area contributed by atoms with E-state index in [1.807, 2.05) is 23.6 Å². The van der Waals surface area contributed by atoms with Crippen LogP contribution >= 0.6 is 11.3 Å². The molecule has 0 spiro atoms. The summed E-state index contributed by atoms with van der Waals surface area (Å²) >= 11 is 1.71. The summed E-state index contributed by atoms with van der Waals surface area (Å²) in [6.07, 6.45) is 2.07. The van der Waals surface area contributed by atoms with Gasteiger partial charge < -0.3 is 10.1 Å². The summed E-state index contributed by atoms with van der Waals surface area (Å²) in [6.45, 7) is -0.156. The van der Waals surface area contributed by atoms with E-state index in [0.717, 1.165) is 18.4 Å². The molecular formula is C16H19F2NOS. The average molecular weight is 311 g/mol. The maximum atomic E-state index is 12.4. The van der Waals surface area contributed by atoms with Crippen molar-refractivity contribution in [1.29, 1.82) is 0 Å². The molecule has 0 saturated heterocycles. The molecule has 0 saturated carbocycles. The number of ether oxygens (including phenoxy) is 1. The Morgan fingerprint density at radius 3 is 2.67 bits per heavy atom. The van der Waals surface area contributed by atoms with Crippen molar-refractivity contribution in [2.45, 2.75) is 39.0 Å². The number of para-hydroxylation sites is 1. The van der Waals surface area contributed by atoms with Crippen LogP contribution in [0.25, 0.3) is 0 Å². The van der Waals surface area contributed by atoms with Crippen LogP contribution < -0.4 is 10.1 Å². The summed E-state index contributed by atoms with van der Waals surface area (Å²) in [4.78, 5) is 1.27. The van der Waals surface area contributed by atoms with Crippen LogP contribution in [0.2, 0.25) is 0 Å². The lowest BCUT2D eigenvalue weighted by atomic mass is 10.1. The van der Waals surface area contributed by atoms with Gasteiger partial charge in [0.25, 0.3) is 0 Å². The molecular weight excluding hydrogens is 292 g/mol. The molecule has 114 valence electrons. The molecule has 1 aromatic carbocycles. The molecule has 2 rings (SSSR count). The first-order chi connectivity index (χ1) is 10.2. The first-order valence-corrected chi connectivity index (χ1v) is 7.88. The highest BCUT2D eigenvalue weighted by molar-refractivity contribution is 7.10. The normalized spacial score (nSPS) is 12.6. The molecule has 2 aromatic rings. The highest BCUT2D eigenvalue weighted by Crippen LogP contribution is 2.25. The summed E-state index contributed by atoms with van der Waals surface area (Å²) in [5, 5.41) is 5.49. The zero-order chi connectivity index (χ0) is 15.1. The van der Waals surface area contributed by atoms with Gasteiger partial charge in [0.2, 0.25) is 0 Å². The van der Waals surface area contributed by atoms with E-state index in [1.165, 1.54) is 4.88 Å². The molecule has 1 aromatic heterocycles. The third-order valence-electron chi connectivity index (χ3n) is 3.19. The summed E-state index contributed by atoms with van der Waals surface area (Å²) < 4.78 is 29.4. The highest BCUT2D eigenvalue weighted by Gasteiger charge is 2.13. The van der Waals surface area contributed by atoms with Crippen LogP contribution in [0.15, 0.2) is 41.8 Å². The largest absolute Gasteiger partial charge is 0.434 e. The zero-order valence-corrected chi connectivity index (χ0v) is 12.7. The molecule has 0 aliphatic carbocycles. The fourth-order valence-electron chi connectivity index (χ4n) is 2.22. The Morgan fingerprint density at radius 1 is 1.19 bits per heavy atom. The van der Waals surface area contributed by atoms with Gasteiger partial charge in [0.15, 0.2) is 0 Å². The summed E-state index contributed by atoms with van der Waals surface area (Å²) in [7, 11) is 0. The molecule has 1 unspecified atom stereocenters. The molecule has 1 heterocycles. The minimum absolute atomic E-state index is 0.237. The molecule has 5 heteroatoms. The second kappa shape index (κ2) is 8.10. The SMILES string of the molecule is CCCC(NCc1ccccc1OC(F)F)c1cccs1. The lowest BCUT2D eigenvalue weighted by Crippen LogP contribution is -2.20. The number of nitrogens with one attached hydrogen (secondary N) is 1. The van der Waals surface area contributed by atoms with E-state index in [0.29, 0.717) is 6.54 Å². The van der Waals surface area contributed by atoms with Crippen molar-refractivity contribution >= 4 is 11.3 Å². The number of rotatable bonds is 8. The number of thiophene rings is 1. The third-order valence-corrected chi connectivity index (χ3v) is 4.18. The fraction of sp³-hybridized carbons (Fsp3) is 0.375. The third kappa shape index (κ3) is 4.79. The highest BCUT2D eigenvalue weighted by atomic mass is 32.1. The minimum Gasteiger partial charge on any atom is -0.434 e. The number of hydrogen-bond donors (Lipinski definition) is 1. The summed E-state index contributed by atoms with van der Waals surface area (Å²) in [6, 6.07) is 11.3. The van der Waals surface area contributed by atoms with Gasteiger partial charge in [0.05, 0.1) is 0 Å². The lowest BCUT2D eigenvalue weighted by Gasteiger charge is -2.18. The van der Waals surface area contributed by atoms with Crippen LogP contribution in [0.4, 0.5) is 8.78 Å². The first-order valence-electron chi connectivity index (χ1n) is 7.00. The van der Waals surface area contributed by atoms with Crippen molar-refractivity contribution in [2.75, 3.05) is 0 Å². The first kappa shape index (κ1) is 15.9. The molecule has 0 aliphatic rings. The van der Waals surface area contributed by atoms with Crippen LogP contribution in [0, 0.1) is 0 Å². The van der Waals surface area contributed by atoms with E-state index < -0.39 is 6.61 Å². The van der Waals surface area contributed by atoms with Gasteiger partial charge in [0.1, 0.15) is 5.75 Å². The molecule has 0 fully saturated rings. The van der Waals surface area contributed by atoms with Crippen molar-refractivity contribution in [3.8, 4) is 5.75 Å².